The molecule has 0 atom stereocenters. The van der Waals surface area contributed by atoms with Crippen LogP contribution >= 0.6 is 11.7 Å². The van der Waals surface area contributed by atoms with E-state index in [0.717, 1.165) is 23.7 Å². The zero-order valence-electron chi connectivity index (χ0n) is 16.2. The first kappa shape index (κ1) is 9.08. The molecule has 5 heteroatoms. The molecule has 0 unspecified atom stereocenters. The van der Waals surface area contributed by atoms with Crippen molar-refractivity contribution in [2.45, 2.75) is 39.0 Å². The maximum absolute atomic E-state index is 7.87. The van der Waals surface area contributed by atoms with E-state index >= 15 is 0 Å². The van der Waals surface area contributed by atoms with Crippen molar-refractivity contribution in [2.24, 2.45) is 0 Å². The van der Waals surface area contributed by atoms with Gasteiger partial charge in [-0.2, -0.15) is 4.37 Å². The molecule has 0 saturated carbocycles. The van der Waals surface area contributed by atoms with Crippen molar-refractivity contribution >= 4 is 17.3 Å². The highest BCUT2D eigenvalue weighted by Crippen LogP contribution is 2.27. The lowest BCUT2D eigenvalue weighted by atomic mass is 10.1. The fraction of sp³-hybridized carbons (Fsp3) is 0.714. The van der Waals surface area contributed by atoms with Crippen LogP contribution in [0.5, 0.6) is 5.88 Å². The van der Waals surface area contributed by atoms with Gasteiger partial charge in [-0.25, -0.2) is 0 Å². The summed E-state index contributed by atoms with van der Waals surface area (Å²) in [5, 5.41) is 0. The summed E-state index contributed by atoms with van der Waals surface area (Å²) in [5.74, 6) is 0.367. The molecule has 1 aromatic rings. The van der Waals surface area contributed by atoms with Crippen molar-refractivity contribution in [3.8, 4) is 5.88 Å². The molecule has 0 N–H and O–H groups in total. The zero-order chi connectivity index (χ0) is 17.8. The molecule has 0 bridgehead atoms. The van der Waals surface area contributed by atoms with Gasteiger partial charge >= 0.3 is 0 Å². The number of nitrogens with zero attached hydrogens (tertiary/aromatic N) is 3. The number of hydrogen-bond donors (Lipinski definition) is 0. The monoisotopic (exact) mass is 286 g/mol. The number of aromatic nitrogens is 2. The van der Waals surface area contributed by atoms with E-state index in [1.165, 1.54) is 4.90 Å². The fourth-order valence-electron chi connectivity index (χ4n) is 1.91. The normalized spacial score (nSPS) is 21.7. The van der Waals surface area contributed by atoms with Crippen molar-refractivity contribution in [1.29, 1.82) is 0 Å². The third-order valence-electron chi connectivity index (χ3n) is 2.86. The Hall–Kier alpha value is -0.940. The van der Waals surface area contributed by atoms with Crippen LogP contribution in [-0.2, 0) is 0 Å². The Morgan fingerprint density at radius 1 is 1.53 bits per heavy atom. The largest absolute Gasteiger partial charge is 0.475 e. The molecule has 19 heavy (non-hydrogen) atoms. The third kappa shape index (κ3) is 4.28. The van der Waals surface area contributed by atoms with Crippen molar-refractivity contribution in [3.63, 3.8) is 0 Å². The molecule has 0 spiro atoms. The van der Waals surface area contributed by atoms with Gasteiger partial charge in [-0.1, -0.05) is 32.2 Å². The summed E-state index contributed by atoms with van der Waals surface area (Å²) in [6.07, 6.45) is 2.94. The van der Waals surface area contributed by atoms with Crippen LogP contribution in [0.2, 0.25) is 0 Å². The molecular weight excluding hydrogens is 258 g/mol. The fourth-order valence-corrected chi connectivity index (χ4v) is 2.44. The summed E-state index contributed by atoms with van der Waals surface area (Å²) >= 11 is 1.02. The van der Waals surface area contributed by atoms with E-state index < -0.39 is 13.3 Å². The Kier molecular flexibility index (Phi) is 3.63. The molecule has 106 valence electrons. The van der Waals surface area contributed by atoms with Crippen LogP contribution in [0.1, 0.15) is 51.5 Å². The van der Waals surface area contributed by atoms with Crippen molar-refractivity contribution in [3.05, 3.63) is 11.8 Å². The number of hydrogen-bond acceptors (Lipinski definition) is 5. The van der Waals surface area contributed by atoms with Crippen LogP contribution in [0, 0.1) is 0 Å². The average molecular weight is 286 g/mol. The standard InChI is InChI=1S/C14H23N3OS/c1-3-4-5-6-10-18-14-13(15-19-16-14)12-8-7-9-17(2)11-12/h8H,3-7,9-11H2,1-2H3/i2D3,5D2. The molecule has 0 amide bonds. The molecule has 2 rings (SSSR count). The molecule has 1 aliphatic rings. The summed E-state index contributed by atoms with van der Waals surface area (Å²) in [4.78, 5) is 1.44. The lowest BCUT2D eigenvalue weighted by Crippen LogP contribution is -2.25. The van der Waals surface area contributed by atoms with Crippen LogP contribution in [0.25, 0.3) is 5.57 Å². The number of ether oxygens (including phenoxy) is 1. The first-order valence-electron chi connectivity index (χ1n) is 9.13. The first-order chi connectivity index (χ1) is 11.2. The van der Waals surface area contributed by atoms with Gasteiger partial charge in [0.05, 0.1) is 18.3 Å². The highest BCUT2D eigenvalue weighted by Gasteiger charge is 2.18. The van der Waals surface area contributed by atoms with Crippen LogP contribution in [0.3, 0.4) is 0 Å². The predicted octanol–water partition coefficient (Wildman–Crippen LogP) is 3.22. The molecule has 0 saturated heterocycles. The van der Waals surface area contributed by atoms with E-state index in [-0.39, 0.29) is 19.6 Å². The lowest BCUT2D eigenvalue weighted by Gasteiger charge is -2.22. The molecule has 0 aromatic carbocycles. The Labute approximate surface area is 126 Å². The SMILES string of the molecule is [2H]C([2H])(CCC)CCOc1nsnc1C1=CCCN(C([2H])([2H])[2H])C1. The van der Waals surface area contributed by atoms with Gasteiger partial charge in [0, 0.05) is 19.9 Å². The van der Waals surface area contributed by atoms with E-state index in [0.29, 0.717) is 31.0 Å². The van der Waals surface area contributed by atoms with E-state index in [1.54, 1.807) is 0 Å². The molecule has 4 nitrogen and oxygen atoms in total. The second-order valence-electron chi connectivity index (χ2n) is 4.46. The minimum Gasteiger partial charge on any atom is -0.475 e. The minimum atomic E-state index is -2.12. The summed E-state index contributed by atoms with van der Waals surface area (Å²) in [7, 11) is 0. The Morgan fingerprint density at radius 3 is 3.32 bits per heavy atom. The van der Waals surface area contributed by atoms with Crippen LogP contribution in [-0.4, -0.2) is 40.3 Å². The maximum Gasteiger partial charge on any atom is 0.253 e. The quantitative estimate of drug-likeness (QED) is 0.771. The smallest absolute Gasteiger partial charge is 0.253 e. The van der Waals surface area contributed by atoms with E-state index in [4.69, 9.17) is 11.6 Å². The molecule has 2 heterocycles. The van der Waals surface area contributed by atoms with E-state index in [2.05, 4.69) is 8.75 Å². The second kappa shape index (κ2) is 7.60. The van der Waals surface area contributed by atoms with Gasteiger partial charge in [-0.3, -0.25) is 0 Å². The number of rotatable bonds is 7. The van der Waals surface area contributed by atoms with Crippen molar-refractivity contribution in [1.82, 2.24) is 13.6 Å². The van der Waals surface area contributed by atoms with Gasteiger partial charge in [0.15, 0.2) is 0 Å². The zero-order valence-corrected chi connectivity index (χ0v) is 12.0. The second-order valence-corrected chi connectivity index (χ2v) is 4.98. The molecule has 0 aliphatic carbocycles. The summed E-state index contributed by atoms with van der Waals surface area (Å²) in [6, 6.07) is 0. The molecule has 1 aromatic heterocycles. The van der Waals surface area contributed by atoms with Gasteiger partial charge in [-0.15, -0.1) is 4.37 Å². The highest BCUT2D eigenvalue weighted by atomic mass is 32.1. The minimum absolute atomic E-state index is 0.224. The van der Waals surface area contributed by atoms with Gasteiger partial charge in [-0.05, 0) is 25.4 Å². The van der Waals surface area contributed by atoms with Gasteiger partial charge in [0.25, 0.3) is 5.88 Å². The molecular formula is C14H23N3OS. The van der Waals surface area contributed by atoms with E-state index in [9.17, 15) is 0 Å². The maximum atomic E-state index is 7.87. The van der Waals surface area contributed by atoms with Crippen molar-refractivity contribution < 1.29 is 11.6 Å². The van der Waals surface area contributed by atoms with Crippen LogP contribution in [0.4, 0.5) is 0 Å². The average Bonchev–Trinajstić information content (AvgIpc) is 2.94. The Morgan fingerprint density at radius 2 is 2.47 bits per heavy atom. The topological polar surface area (TPSA) is 38.3 Å². The van der Waals surface area contributed by atoms with Crippen LogP contribution in [0.15, 0.2) is 6.08 Å². The summed E-state index contributed by atoms with van der Waals surface area (Å²) in [5.41, 5.74) is 1.38. The highest BCUT2D eigenvalue weighted by molar-refractivity contribution is 6.99. The molecule has 1 aliphatic heterocycles. The van der Waals surface area contributed by atoms with Gasteiger partial charge in [0.1, 0.15) is 5.69 Å². The van der Waals surface area contributed by atoms with Gasteiger partial charge in [0.2, 0.25) is 0 Å². The third-order valence-corrected chi connectivity index (χ3v) is 3.37. The summed E-state index contributed by atoms with van der Waals surface area (Å²) in [6.45, 7) is 0.829. The Balaban J connectivity index is 1.99. The predicted molar refractivity (Wildman–Crippen MR) is 79.6 cm³/mol. The molecule has 0 radical (unpaired) electrons. The van der Waals surface area contributed by atoms with E-state index in [1.807, 2.05) is 13.0 Å². The van der Waals surface area contributed by atoms with Crippen molar-refractivity contribution in [2.75, 3.05) is 26.7 Å². The first-order valence-corrected chi connectivity index (χ1v) is 7.36. The number of likely N-dealkylation sites (N-methyl/N-ethyl adjacent to an activating group) is 1. The Bertz CT molecular complexity index is 573. The van der Waals surface area contributed by atoms with Crippen LogP contribution < -0.4 is 4.74 Å². The molecule has 0 fully saturated rings. The summed E-state index contributed by atoms with van der Waals surface area (Å²) < 4.78 is 52.4. The van der Waals surface area contributed by atoms with Gasteiger partial charge < -0.3 is 9.64 Å². The lowest BCUT2D eigenvalue weighted by molar-refractivity contribution is 0.294.